The Hall–Kier alpha value is -1.90. The van der Waals surface area contributed by atoms with Gasteiger partial charge in [-0.2, -0.15) is 13.9 Å². The number of amides is 1. The average molecular weight is 395 g/mol. The Bertz CT molecular complexity index is 713. The minimum Gasteiger partial charge on any atom is -0.434 e. The van der Waals surface area contributed by atoms with Crippen LogP contribution < -0.4 is 15.4 Å². The van der Waals surface area contributed by atoms with Crippen LogP contribution in [-0.4, -0.2) is 29.3 Å². The van der Waals surface area contributed by atoms with Crippen molar-refractivity contribution in [2.45, 2.75) is 19.2 Å². The highest BCUT2D eigenvalue weighted by atomic mass is 35.5. The summed E-state index contributed by atoms with van der Waals surface area (Å²) < 4.78 is 30.9. The highest BCUT2D eigenvalue weighted by Crippen LogP contribution is 2.24. The number of halogens is 4. The van der Waals surface area contributed by atoms with Crippen molar-refractivity contribution in [3.05, 3.63) is 46.7 Å². The van der Waals surface area contributed by atoms with E-state index < -0.39 is 12.7 Å². The Balaban J connectivity index is 0.00000312. The van der Waals surface area contributed by atoms with Gasteiger partial charge in [0.2, 0.25) is 5.91 Å². The number of ether oxygens (including phenoxy) is 1. The Labute approximate surface area is 154 Å². The zero-order chi connectivity index (χ0) is 17.7. The van der Waals surface area contributed by atoms with E-state index in [4.69, 9.17) is 11.6 Å². The zero-order valence-corrected chi connectivity index (χ0v) is 15.1. The molecule has 0 fully saturated rings. The van der Waals surface area contributed by atoms with Crippen LogP contribution in [-0.2, 0) is 18.4 Å². The van der Waals surface area contributed by atoms with Gasteiger partial charge in [-0.3, -0.25) is 9.48 Å². The molecule has 138 valence electrons. The molecule has 0 radical (unpaired) electrons. The van der Waals surface area contributed by atoms with Gasteiger partial charge in [-0.25, -0.2) is 0 Å². The molecule has 25 heavy (non-hydrogen) atoms. The third-order valence-corrected chi connectivity index (χ3v) is 3.54. The van der Waals surface area contributed by atoms with Crippen LogP contribution in [0, 0.1) is 0 Å². The number of benzene rings is 1. The molecule has 2 aromatic rings. The van der Waals surface area contributed by atoms with Gasteiger partial charge in [-0.15, -0.1) is 12.4 Å². The number of nitrogens with zero attached hydrogens (tertiary/aromatic N) is 2. The van der Waals surface area contributed by atoms with E-state index in [1.54, 1.807) is 31.2 Å². The fourth-order valence-electron chi connectivity index (χ4n) is 2.22. The predicted octanol–water partition coefficient (Wildman–Crippen LogP) is 2.67. The number of hydrogen-bond acceptors (Lipinski definition) is 4. The van der Waals surface area contributed by atoms with Crippen LogP contribution in [0.5, 0.6) is 5.75 Å². The van der Waals surface area contributed by atoms with Crippen LogP contribution in [0.1, 0.15) is 17.2 Å². The molecular formula is C15H18Cl2F2N4O2. The quantitative estimate of drug-likeness (QED) is 0.757. The first-order chi connectivity index (χ1) is 11.4. The summed E-state index contributed by atoms with van der Waals surface area (Å²) >= 11 is 5.88. The van der Waals surface area contributed by atoms with E-state index in [-0.39, 0.29) is 30.6 Å². The standard InChI is InChI=1S/C15H17ClF2N4O2.ClH/c1-19-13(10-7-21-22(2)8-10)14(23)20-6-9-5-11(16)3-4-12(9)24-15(17)18;/h3-5,7-8,13,15,19H,6H2,1-2H3,(H,20,23);1H. The summed E-state index contributed by atoms with van der Waals surface area (Å²) in [7, 11) is 3.38. The van der Waals surface area contributed by atoms with Crippen LogP contribution in [0.3, 0.4) is 0 Å². The van der Waals surface area contributed by atoms with E-state index in [1.807, 2.05) is 0 Å². The van der Waals surface area contributed by atoms with Gasteiger partial charge in [-0.1, -0.05) is 11.6 Å². The largest absolute Gasteiger partial charge is 0.434 e. The molecule has 1 amide bonds. The molecule has 0 spiro atoms. The molecule has 0 bridgehead atoms. The van der Waals surface area contributed by atoms with E-state index in [2.05, 4.69) is 20.5 Å². The second-order valence-electron chi connectivity index (χ2n) is 5.02. The summed E-state index contributed by atoms with van der Waals surface area (Å²) in [6.45, 7) is -2.96. The van der Waals surface area contributed by atoms with Gasteiger partial charge >= 0.3 is 6.61 Å². The molecule has 1 aromatic carbocycles. The Kier molecular flexibility index (Phi) is 8.08. The minimum absolute atomic E-state index is 0. The van der Waals surface area contributed by atoms with Gasteiger partial charge in [-0.05, 0) is 25.2 Å². The average Bonchev–Trinajstić information content (AvgIpc) is 2.94. The van der Waals surface area contributed by atoms with E-state index >= 15 is 0 Å². The van der Waals surface area contributed by atoms with Gasteiger partial charge in [0.15, 0.2) is 0 Å². The van der Waals surface area contributed by atoms with Gasteiger partial charge in [0, 0.05) is 35.9 Å². The van der Waals surface area contributed by atoms with E-state index in [1.165, 1.54) is 18.2 Å². The molecule has 0 aliphatic heterocycles. The summed E-state index contributed by atoms with van der Waals surface area (Å²) in [6, 6.07) is 3.64. The van der Waals surface area contributed by atoms with Crippen molar-refractivity contribution in [2.24, 2.45) is 7.05 Å². The molecule has 6 nitrogen and oxygen atoms in total. The normalized spacial score (nSPS) is 11.8. The van der Waals surface area contributed by atoms with E-state index in [9.17, 15) is 13.6 Å². The number of rotatable bonds is 7. The lowest BCUT2D eigenvalue weighted by atomic mass is 10.1. The molecule has 1 unspecified atom stereocenters. The number of hydrogen-bond donors (Lipinski definition) is 2. The van der Waals surface area contributed by atoms with Crippen molar-refractivity contribution in [3.63, 3.8) is 0 Å². The van der Waals surface area contributed by atoms with Gasteiger partial charge in [0.25, 0.3) is 0 Å². The summed E-state index contributed by atoms with van der Waals surface area (Å²) in [5.74, 6) is -0.356. The van der Waals surface area contributed by atoms with Crippen molar-refractivity contribution in [2.75, 3.05) is 7.05 Å². The molecule has 2 N–H and O–H groups in total. The van der Waals surface area contributed by atoms with Crippen molar-refractivity contribution >= 4 is 29.9 Å². The molecular weight excluding hydrogens is 377 g/mol. The van der Waals surface area contributed by atoms with E-state index in [0.717, 1.165) is 0 Å². The second-order valence-corrected chi connectivity index (χ2v) is 5.45. The first-order valence-electron chi connectivity index (χ1n) is 7.07. The molecule has 0 saturated heterocycles. The van der Waals surface area contributed by atoms with Gasteiger partial charge in [0.1, 0.15) is 11.8 Å². The van der Waals surface area contributed by atoms with Crippen molar-refractivity contribution in [3.8, 4) is 5.75 Å². The zero-order valence-electron chi connectivity index (χ0n) is 13.5. The first kappa shape index (κ1) is 21.1. The van der Waals surface area contributed by atoms with Gasteiger partial charge in [0.05, 0.1) is 6.20 Å². The Morgan fingerprint density at radius 1 is 1.44 bits per heavy atom. The lowest BCUT2D eigenvalue weighted by Gasteiger charge is -2.16. The lowest BCUT2D eigenvalue weighted by molar-refractivity contribution is -0.123. The summed E-state index contributed by atoms with van der Waals surface area (Å²) in [4.78, 5) is 12.3. The molecule has 2 rings (SSSR count). The number of likely N-dealkylation sites (N-methyl/N-ethyl adjacent to an activating group) is 1. The monoisotopic (exact) mass is 394 g/mol. The highest BCUT2D eigenvalue weighted by Gasteiger charge is 2.20. The lowest BCUT2D eigenvalue weighted by Crippen LogP contribution is -2.35. The smallest absolute Gasteiger partial charge is 0.387 e. The number of carbonyl (C=O) groups is 1. The van der Waals surface area contributed by atoms with Crippen molar-refractivity contribution < 1.29 is 18.3 Å². The molecule has 10 heteroatoms. The number of aromatic nitrogens is 2. The van der Waals surface area contributed by atoms with Crippen LogP contribution in [0.2, 0.25) is 5.02 Å². The topological polar surface area (TPSA) is 68.2 Å². The second kappa shape index (κ2) is 9.55. The molecule has 0 aliphatic rings. The predicted molar refractivity (Wildman–Crippen MR) is 92.2 cm³/mol. The molecule has 1 aromatic heterocycles. The maximum Gasteiger partial charge on any atom is 0.387 e. The first-order valence-corrected chi connectivity index (χ1v) is 7.45. The van der Waals surface area contributed by atoms with Crippen molar-refractivity contribution in [1.82, 2.24) is 20.4 Å². The number of aryl methyl sites for hydroxylation is 1. The van der Waals surface area contributed by atoms with Crippen molar-refractivity contribution in [1.29, 1.82) is 0 Å². The maximum absolute atomic E-state index is 12.4. The third-order valence-electron chi connectivity index (χ3n) is 3.30. The highest BCUT2D eigenvalue weighted by molar-refractivity contribution is 6.30. The summed E-state index contributed by atoms with van der Waals surface area (Å²) in [5.41, 5.74) is 1.05. The Morgan fingerprint density at radius 2 is 2.16 bits per heavy atom. The minimum atomic E-state index is -2.96. The van der Waals surface area contributed by atoms with Crippen LogP contribution in [0.15, 0.2) is 30.6 Å². The Morgan fingerprint density at radius 3 is 2.72 bits per heavy atom. The molecule has 0 saturated carbocycles. The number of nitrogens with one attached hydrogen (secondary N) is 2. The molecule has 0 aliphatic carbocycles. The fourth-order valence-corrected chi connectivity index (χ4v) is 2.41. The van der Waals surface area contributed by atoms with E-state index in [0.29, 0.717) is 16.1 Å². The molecule has 1 heterocycles. The van der Waals surface area contributed by atoms with Gasteiger partial charge < -0.3 is 15.4 Å². The SMILES string of the molecule is CNC(C(=O)NCc1cc(Cl)ccc1OC(F)F)c1cnn(C)c1.Cl. The third kappa shape index (κ3) is 5.84. The summed E-state index contributed by atoms with van der Waals surface area (Å²) in [6.07, 6.45) is 3.29. The van der Waals surface area contributed by atoms with Crippen LogP contribution in [0.25, 0.3) is 0 Å². The fraction of sp³-hybridized carbons (Fsp3) is 0.333. The van der Waals surface area contributed by atoms with Crippen LogP contribution >= 0.6 is 24.0 Å². The maximum atomic E-state index is 12.4. The summed E-state index contributed by atoms with van der Waals surface area (Å²) in [5, 5.41) is 9.94. The number of carbonyl (C=O) groups excluding carboxylic acids is 1. The number of alkyl halides is 2. The van der Waals surface area contributed by atoms with Crippen LogP contribution in [0.4, 0.5) is 8.78 Å². The molecule has 1 atom stereocenters.